The van der Waals surface area contributed by atoms with Gasteiger partial charge in [-0.3, -0.25) is 4.79 Å². The van der Waals surface area contributed by atoms with Crippen LogP contribution in [0.5, 0.6) is 0 Å². The second-order valence-electron chi connectivity index (χ2n) is 7.01. The average Bonchev–Trinajstić information content (AvgIpc) is 3.24. The normalized spacial score (nSPS) is 15.8. The van der Waals surface area contributed by atoms with Gasteiger partial charge in [-0.15, -0.1) is 0 Å². The van der Waals surface area contributed by atoms with Crippen molar-refractivity contribution in [2.24, 2.45) is 0 Å². The first-order valence-corrected chi connectivity index (χ1v) is 9.98. The van der Waals surface area contributed by atoms with Crippen LogP contribution in [-0.2, 0) is 4.74 Å². The van der Waals surface area contributed by atoms with Gasteiger partial charge in [-0.25, -0.2) is 4.79 Å². The fourth-order valence-corrected chi connectivity index (χ4v) is 3.87. The molecule has 1 aromatic heterocycles. The molecule has 4 rings (SSSR count). The number of carbonyl (C=O) groups is 1. The van der Waals surface area contributed by atoms with Crippen molar-refractivity contribution in [3.63, 3.8) is 0 Å². The maximum atomic E-state index is 13.0. The number of carbonyl (C=O) groups excluding carboxylic acids is 1. The van der Waals surface area contributed by atoms with E-state index in [1.807, 2.05) is 35.2 Å². The number of hydrogen-bond donors (Lipinski definition) is 1. The van der Waals surface area contributed by atoms with Gasteiger partial charge in [-0.05, 0) is 30.7 Å². The van der Waals surface area contributed by atoms with Crippen molar-refractivity contribution in [3.8, 4) is 5.69 Å². The Morgan fingerprint density at radius 1 is 1.13 bits per heavy atom. The third-order valence-corrected chi connectivity index (χ3v) is 5.47. The van der Waals surface area contributed by atoms with Crippen molar-refractivity contribution in [1.82, 2.24) is 9.78 Å². The number of rotatable bonds is 5. The van der Waals surface area contributed by atoms with Gasteiger partial charge >= 0.3 is 5.97 Å². The summed E-state index contributed by atoms with van der Waals surface area (Å²) in [5.74, 6) is -0.547. The first-order valence-electron chi connectivity index (χ1n) is 9.60. The number of ether oxygens (including phenoxy) is 1. The van der Waals surface area contributed by atoms with E-state index < -0.39 is 11.5 Å². The molecule has 0 aliphatic carbocycles. The van der Waals surface area contributed by atoms with Crippen LogP contribution in [-0.4, -0.2) is 42.0 Å². The lowest BCUT2D eigenvalue weighted by Gasteiger charge is -2.21. The molecule has 1 aliphatic heterocycles. The number of anilines is 2. The van der Waals surface area contributed by atoms with Gasteiger partial charge in [0, 0.05) is 24.8 Å². The van der Waals surface area contributed by atoms with Crippen LogP contribution in [0.2, 0.25) is 5.02 Å². The smallest absolute Gasteiger partial charge is 0.340 e. The molecule has 154 valence electrons. The van der Waals surface area contributed by atoms with E-state index in [9.17, 15) is 9.59 Å². The van der Waals surface area contributed by atoms with Crippen molar-refractivity contribution in [2.45, 2.75) is 12.5 Å². The predicted octanol–water partition coefficient (Wildman–Crippen LogP) is 3.36. The first kappa shape index (κ1) is 20.0. The maximum Gasteiger partial charge on any atom is 0.340 e. The minimum atomic E-state index is -0.547. The Morgan fingerprint density at radius 3 is 2.63 bits per heavy atom. The molecule has 1 unspecified atom stereocenters. The summed E-state index contributed by atoms with van der Waals surface area (Å²) in [6, 6.07) is 16.9. The standard InChI is InChI=1S/C22H21ClN4O3/c1-30-22(29)17-9-5-6-10-18(17)27-21(28)20(23)19(13-24-27)26-12-11-16(14-26)25-15-7-3-2-4-8-15/h2-10,13,16,25H,11-12,14H2,1H3. The number of methoxy groups -OCH3 is 1. The molecular weight excluding hydrogens is 404 g/mol. The molecule has 0 amide bonds. The summed E-state index contributed by atoms with van der Waals surface area (Å²) in [6.45, 7) is 1.46. The lowest BCUT2D eigenvalue weighted by Crippen LogP contribution is -2.30. The van der Waals surface area contributed by atoms with Crippen molar-refractivity contribution in [1.29, 1.82) is 0 Å². The van der Waals surface area contributed by atoms with Gasteiger partial charge in [0.2, 0.25) is 0 Å². The number of nitrogens with zero attached hydrogens (tertiary/aromatic N) is 3. The van der Waals surface area contributed by atoms with Gasteiger partial charge in [0.25, 0.3) is 5.56 Å². The van der Waals surface area contributed by atoms with E-state index in [0.29, 0.717) is 17.9 Å². The Balaban J connectivity index is 1.59. The summed E-state index contributed by atoms with van der Waals surface area (Å²) >= 11 is 6.45. The van der Waals surface area contributed by atoms with Crippen LogP contribution in [0, 0.1) is 0 Å². The van der Waals surface area contributed by atoms with Gasteiger partial charge in [0.05, 0.1) is 30.2 Å². The molecular formula is C22H21ClN4O3. The van der Waals surface area contributed by atoms with Gasteiger partial charge in [0.15, 0.2) is 0 Å². The summed E-state index contributed by atoms with van der Waals surface area (Å²) in [5, 5.41) is 7.86. The topological polar surface area (TPSA) is 76.5 Å². The second-order valence-corrected chi connectivity index (χ2v) is 7.39. The average molecular weight is 425 g/mol. The van der Waals surface area contributed by atoms with E-state index in [1.165, 1.54) is 7.11 Å². The van der Waals surface area contributed by atoms with Crippen LogP contribution in [0.3, 0.4) is 0 Å². The molecule has 1 saturated heterocycles. The monoisotopic (exact) mass is 424 g/mol. The summed E-state index contributed by atoms with van der Waals surface area (Å²) in [5.41, 5.74) is 1.73. The maximum absolute atomic E-state index is 13.0. The van der Waals surface area contributed by atoms with E-state index in [-0.39, 0.29) is 16.6 Å². The van der Waals surface area contributed by atoms with E-state index >= 15 is 0 Å². The Bertz CT molecular complexity index is 1120. The summed E-state index contributed by atoms with van der Waals surface area (Å²) < 4.78 is 5.94. The molecule has 1 aliphatic rings. The molecule has 7 nitrogen and oxygen atoms in total. The molecule has 2 aromatic carbocycles. The zero-order valence-electron chi connectivity index (χ0n) is 16.4. The molecule has 1 N–H and O–H groups in total. The highest BCUT2D eigenvalue weighted by atomic mass is 35.5. The molecule has 1 atom stereocenters. The third kappa shape index (κ3) is 3.89. The Hall–Kier alpha value is -3.32. The molecule has 30 heavy (non-hydrogen) atoms. The minimum Gasteiger partial charge on any atom is -0.465 e. The summed E-state index contributed by atoms with van der Waals surface area (Å²) in [6.07, 6.45) is 2.49. The van der Waals surface area contributed by atoms with Gasteiger partial charge < -0.3 is 15.0 Å². The van der Waals surface area contributed by atoms with Crippen LogP contribution >= 0.6 is 11.6 Å². The van der Waals surface area contributed by atoms with Crippen LogP contribution in [0.1, 0.15) is 16.8 Å². The number of benzene rings is 2. The lowest BCUT2D eigenvalue weighted by molar-refractivity contribution is 0.0600. The number of esters is 1. The fourth-order valence-electron chi connectivity index (χ4n) is 3.62. The SMILES string of the molecule is COC(=O)c1ccccc1-n1ncc(N2CCC(Nc3ccccc3)C2)c(Cl)c1=O. The largest absolute Gasteiger partial charge is 0.465 e. The molecule has 1 fully saturated rings. The van der Waals surface area contributed by atoms with Crippen LogP contribution < -0.4 is 15.8 Å². The highest BCUT2D eigenvalue weighted by Crippen LogP contribution is 2.27. The zero-order valence-corrected chi connectivity index (χ0v) is 17.2. The number of nitrogens with one attached hydrogen (secondary N) is 1. The zero-order chi connectivity index (χ0) is 21.1. The third-order valence-electron chi connectivity index (χ3n) is 5.11. The van der Waals surface area contributed by atoms with Crippen molar-refractivity contribution in [2.75, 3.05) is 30.4 Å². The predicted molar refractivity (Wildman–Crippen MR) is 117 cm³/mol. The molecule has 0 radical (unpaired) electrons. The Morgan fingerprint density at radius 2 is 1.87 bits per heavy atom. The van der Waals surface area contributed by atoms with Crippen molar-refractivity contribution in [3.05, 3.63) is 81.7 Å². The molecule has 2 heterocycles. The highest BCUT2D eigenvalue weighted by molar-refractivity contribution is 6.33. The highest BCUT2D eigenvalue weighted by Gasteiger charge is 2.26. The second kappa shape index (κ2) is 8.59. The van der Waals surface area contributed by atoms with Crippen LogP contribution in [0.15, 0.2) is 65.6 Å². The molecule has 3 aromatic rings. The van der Waals surface area contributed by atoms with Crippen LogP contribution in [0.4, 0.5) is 11.4 Å². The van der Waals surface area contributed by atoms with E-state index in [4.69, 9.17) is 16.3 Å². The van der Waals surface area contributed by atoms with Gasteiger partial charge in [-0.1, -0.05) is 41.9 Å². The van der Waals surface area contributed by atoms with E-state index in [0.717, 1.165) is 23.3 Å². The number of para-hydroxylation sites is 2. The van der Waals surface area contributed by atoms with Gasteiger partial charge in [-0.2, -0.15) is 9.78 Å². The van der Waals surface area contributed by atoms with E-state index in [2.05, 4.69) is 10.4 Å². The Labute approximate surface area is 178 Å². The van der Waals surface area contributed by atoms with Gasteiger partial charge in [0.1, 0.15) is 5.02 Å². The summed E-state index contributed by atoms with van der Waals surface area (Å²) in [7, 11) is 1.29. The lowest BCUT2D eigenvalue weighted by atomic mass is 10.2. The van der Waals surface area contributed by atoms with Crippen molar-refractivity contribution >= 4 is 28.9 Å². The molecule has 8 heteroatoms. The van der Waals surface area contributed by atoms with E-state index in [1.54, 1.807) is 30.5 Å². The molecule has 0 spiro atoms. The Kier molecular flexibility index (Phi) is 5.72. The molecule has 0 saturated carbocycles. The van der Waals surface area contributed by atoms with Crippen LogP contribution in [0.25, 0.3) is 5.69 Å². The fraction of sp³-hybridized carbons (Fsp3) is 0.227. The number of hydrogen-bond acceptors (Lipinski definition) is 6. The number of aromatic nitrogens is 2. The summed E-state index contributed by atoms with van der Waals surface area (Å²) in [4.78, 5) is 27.1. The number of halogens is 1. The molecule has 0 bridgehead atoms. The minimum absolute atomic E-state index is 0.0741. The van der Waals surface area contributed by atoms with Crippen molar-refractivity contribution < 1.29 is 9.53 Å². The first-order chi connectivity index (χ1) is 14.6. The quantitative estimate of drug-likeness (QED) is 0.633.